The van der Waals surface area contributed by atoms with Crippen molar-refractivity contribution in [1.29, 1.82) is 0 Å². The molecule has 4 heteroatoms. The Balaban J connectivity index is 1.41. The molecule has 0 aliphatic carbocycles. The van der Waals surface area contributed by atoms with E-state index in [1.54, 1.807) is 0 Å². The third-order valence-electron chi connectivity index (χ3n) is 5.35. The van der Waals surface area contributed by atoms with Crippen LogP contribution in [-0.2, 0) is 4.79 Å². The van der Waals surface area contributed by atoms with E-state index in [1.807, 2.05) is 37.3 Å². The number of carbonyl (C=O) groups is 1. The number of ether oxygens (including phenoxy) is 1. The van der Waals surface area contributed by atoms with Crippen LogP contribution in [0.4, 0.5) is 5.69 Å². The largest absolute Gasteiger partial charge is 0.494 e. The van der Waals surface area contributed by atoms with Crippen molar-refractivity contribution in [2.45, 2.75) is 45.6 Å². The first-order valence-corrected chi connectivity index (χ1v) is 10.4. The number of amides is 1. The van der Waals surface area contributed by atoms with Crippen molar-refractivity contribution in [1.82, 2.24) is 5.32 Å². The zero-order valence-electron chi connectivity index (χ0n) is 17.1. The average Bonchev–Trinajstić information content (AvgIpc) is 2.72. The minimum Gasteiger partial charge on any atom is -0.494 e. The zero-order chi connectivity index (χ0) is 19.8. The van der Waals surface area contributed by atoms with Gasteiger partial charge in [-0.1, -0.05) is 37.3 Å². The predicted octanol–water partition coefficient (Wildman–Crippen LogP) is 4.96. The third-order valence-corrected chi connectivity index (χ3v) is 5.35. The predicted molar refractivity (Wildman–Crippen MR) is 115 cm³/mol. The molecule has 28 heavy (non-hydrogen) atoms. The summed E-state index contributed by atoms with van der Waals surface area (Å²) in [7, 11) is 0. The van der Waals surface area contributed by atoms with E-state index in [2.05, 4.69) is 41.4 Å². The van der Waals surface area contributed by atoms with Crippen LogP contribution in [-0.4, -0.2) is 25.6 Å². The molecule has 0 bridgehead atoms. The highest BCUT2D eigenvalue weighted by molar-refractivity contribution is 5.76. The first-order valence-electron chi connectivity index (χ1n) is 10.4. The summed E-state index contributed by atoms with van der Waals surface area (Å²) in [5, 5.41) is 3.09. The summed E-state index contributed by atoms with van der Waals surface area (Å²) < 4.78 is 5.64. The number of nitrogens with zero attached hydrogens (tertiary/aromatic N) is 1. The normalized spacial score (nSPS) is 17.8. The van der Waals surface area contributed by atoms with E-state index < -0.39 is 0 Å². The Morgan fingerprint density at radius 3 is 2.64 bits per heavy atom. The molecule has 2 atom stereocenters. The Morgan fingerprint density at radius 2 is 1.93 bits per heavy atom. The van der Waals surface area contributed by atoms with Crippen LogP contribution in [0.2, 0.25) is 0 Å². The fourth-order valence-corrected chi connectivity index (χ4v) is 3.73. The summed E-state index contributed by atoms with van der Waals surface area (Å²) >= 11 is 0. The summed E-state index contributed by atoms with van der Waals surface area (Å²) in [5.41, 5.74) is 2.43. The number of rotatable bonds is 8. The van der Waals surface area contributed by atoms with Crippen molar-refractivity contribution < 1.29 is 9.53 Å². The molecule has 1 heterocycles. The Hall–Kier alpha value is -2.49. The van der Waals surface area contributed by atoms with Gasteiger partial charge < -0.3 is 15.0 Å². The van der Waals surface area contributed by atoms with Gasteiger partial charge in [-0.25, -0.2) is 0 Å². The highest BCUT2D eigenvalue weighted by Crippen LogP contribution is 2.24. The number of anilines is 1. The molecule has 0 radical (unpaired) electrons. The van der Waals surface area contributed by atoms with Crippen molar-refractivity contribution in [2.75, 3.05) is 24.6 Å². The van der Waals surface area contributed by atoms with Gasteiger partial charge in [0.25, 0.3) is 0 Å². The smallest absolute Gasteiger partial charge is 0.220 e. The second kappa shape index (κ2) is 10.2. The standard InChI is InChI=1S/C24H32N2O2/c1-19-8-6-16-26(18-19)22-14-12-21(13-15-22)20(2)25-24(27)11-7-17-28-23-9-4-3-5-10-23/h3-5,9-10,12-15,19-20H,6-8,11,16-18H2,1-2H3,(H,25,27)/t19-,20+/m0/s1. The van der Waals surface area contributed by atoms with Gasteiger partial charge in [0, 0.05) is 25.2 Å². The van der Waals surface area contributed by atoms with E-state index in [0.717, 1.165) is 30.3 Å². The lowest BCUT2D eigenvalue weighted by atomic mass is 9.99. The molecule has 0 saturated carbocycles. The summed E-state index contributed by atoms with van der Waals surface area (Å²) in [4.78, 5) is 14.7. The highest BCUT2D eigenvalue weighted by Gasteiger charge is 2.17. The molecule has 3 rings (SSSR count). The Kier molecular flexibility index (Phi) is 7.35. The highest BCUT2D eigenvalue weighted by atomic mass is 16.5. The van der Waals surface area contributed by atoms with Crippen molar-refractivity contribution in [3.8, 4) is 5.75 Å². The average molecular weight is 381 g/mol. The third kappa shape index (κ3) is 6.01. The molecule has 1 saturated heterocycles. The fourth-order valence-electron chi connectivity index (χ4n) is 3.73. The molecule has 1 aliphatic rings. The number of nitrogens with one attached hydrogen (secondary N) is 1. The molecule has 1 aliphatic heterocycles. The van der Waals surface area contributed by atoms with E-state index in [0.29, 0.717) is 19.4 Å². The molecular formula is C24H32N2O2. The Bertz CT molecular complexity index is 730. The van der Waals surface area contributed by atoms with Gasteiger partial charge in [-0.15, -0.1) is 0 Å². The van der Waals surface area contributed by atoms with Gasteiger partial charge in [0.15, 0.2) is 0 Å². The monoisotopic (exact) mass is 380 g/mol. The SMILES string of the molecule is C[C@H]1CCCN(c2ccc([C@@H](C)NC(=O)CCCOc3ccccc3)cc2)C1. The molecule has 1 fully saturated rings. The number of hydrogen-bond acceptors (Lipinski definition) is 3. The second-order valence-electron chi connectivity index (χ2n) is 7.84. The number of piperidine rings is 1. The maximum Gasteiger partial charge on any atom is 0.220 e. The summed E-state index contributed by atoms with van der Waals surface area (Å²) in [5.74, 6) is 1.68. The van der Waals surface area contributed by atoms with E-state index >= 15 is 0 Å². The summed E-state index contributed by atoms with van der Waals surface area (Å²) in [6.45, 7) is 7.19. The Morgan fingerprint density at radius 1 is 1.18 bits per heavy atom. The van der Waals surface area contributed by atoms with Crippen molar-refractivity contribution in [3.63, 3.8) is 0 Å². The number of carbonyl (C=O) groups excluding carboxylic acids is 1. The van der Waals surface area contributed by atoms with E-state index in [9.17, 15) is 4.79 Å². The number of para-hydroxylation sites is 1. The van der Waals surface area contributed by atoms with Crippen LogP contribution in [0.3, 0.4) is 0 Å². The van der Waals surface area contributed by atoms with Crippen molar-refractivity contribution in [2.24, 2.45) is 5.92 Å². The van der Waals surface area contributed by atoms with E-state index in [1.165, 1.54) is 18.5 Å². The molecule has 2 aromatic carbocycles. The molecule has 0 aromatic heterocycles. The lowest BCUT2D eigenvalue weighted by Gasteiger charge is -2.33. The molecule has 150 valence electrons. The molecule has 0 unspecified atom stereocenters. The van der Waals surface area contributed by atoms with Crippen LogP contribution in [0.15, 0.2) is 54.6 Å². The lowest BCUT2D eigenvalue weighted by molar-refractivity contribution is -0.121. The van der Waals surface area contributed by atoms with Gasteiger partial charge in [-0.05, 0) is 61.9 Å². The van der Waals surface area contributed by atoms with Gasteiger partial charge in [-0.2, -0.15) is 0 Å². The van der Waals surface area contributed by atoms with Gasteiger partial charge in [0.1, 0.15) is 5.75 Å². The maximum atomic E-state index is 12.2. The molecule has 1 amide bonds. The Labute approximate surface area is 168 Å². The molecule has 1 N–H and O–H groups in total. The van der Waals surface area contributed by atoms with Crippen molar-refractivity contribution >= 4 is 11.6 Å². The van der Waals surface area contributed by atoms with Crippen LogP contribution in [0.1, 0.15) is 51.1 Å². The van der Waals surface area contributed by atoms with Crippen molar-refractivity contribution in [3.05, 3.63) is 60.2 Å². The van der Waals surface area contributed by atoms with E-state index in [4.69, 9.17) is 4.74 Å². The molecule has 2 aromatic rings. The van der Waals surface area contributed by atoms with Crippen LogP contribution in [0.25, 0.3) is 0 Å². The quantitative estimate of drug-likeness (QED) is 0.658. The first kappa shape index (κ1) is 20.2. The van der Waals surface area contributed by atoms with E-state index in [-0.39, 0.29) is 11.9 Å². The fraction of sp³-hybridized carbons (Fsp3) is 0.458. The van der Waals surface area contributed by atoms with Crippen LogP contribution in [0.5, 0.6) is 5.75 Å². The minimum absolute atomic E-state index is 0.0110. The lowest BCUT2D eigenvalue weighted by Crippen LogP contribution is -2.34. The topological polar surface area (TPSA) is 41.6 Å². The van der Waals surface area contributed by atoms with Crippen LogP contribution in [0, 0.1) is 5.92 Å². The maximum absolute atomic E-state index is 12.2. The summed E-state index contributed by atoms with van der Waals surface area (Å²) in [6, 6.07) is 18.4. The first-order chi connectivity index (χ1) is 13.6. The summed E-state index contributed by atoms with van der Waals surface area (Å²) in [6.07, 6.45) is 3.78. The molecule has 0 spiro atoms. The minimum atomic E-state index is 0.0110. The number of hydrogen-bond donors (Lipinski definition) is 1. The van der Waals surface area contributed by atoms with Gasteiger partial charge >= 0.3 is 0 Å². The number of benzene rings is 2. The van der Waals surface area contributed by atoms with Gasteiger partial charge in [0.2, 0.25) is 5.91 Å². The van der Waals surface area contributed by atoms with Crippen LogP contribution >= 0.6 is 0 Å². The second-order valence-corrected chi connectivity index (χ2v) is 7.84. The van der Waals surface area contributed by atoms with Gasteiger partial charge in [-0.3, -0.25) is 4.79 Å². The molecule has 4 nitrogen and oxygen atoms in total. The molecular weight excluding hydrogens is 348 g/mol. The zero-order valence-corrected chi connectivity index (χ0v) is 17.1. The van der Waals surface area contributed by atoms with Gasteiger partial charge in [0.05, 0.1) is 12.6 Å². The van der Waals surface area contributed by atoms with Crippen LogP contribution < -0.4 is 15.0 Å².